The van der Waals surface area contributed by atoms with E-state index in [4.69, 9.17) is 5.73 Å². The summed E-state index contributed by atoms with van der Waals surface area (Å²) in [5.74, 6) is 0.436. The Labute approximate surface area is 112 Å². The van der Waals surface area contributed by atoms with Gasteiger partial charge < -0.3 is 5.73 Å². The molecule has 0 unspecified atom stereocenters. The lowest BCUT2D eigenvalue weighted by molar-refractivity contribution is -0.129. The standard InChI is InChI=1S/C16H29NO/c1-2-3-4-5-8-11-15(18)16(14-17)12-9-6-7-10-13-16/h2H,1,3-14,17H2. The van der Waals surface area contributed by atoms with Crippen LogP contribution in [-0.4, -0.2) is 12.3 Å². The maximum atomic E-state index is 12.4. The van der Waals surface area contributed by atoms with Crippen molar-refractivity contribution in [2.45, 2.75) is 70.6 Å². The summed E-state index contributed by atoms with van der Waals surface area (Å²) in [6.07, 6.45) is 14.0. The van der Waals surface area contributed by atoms with Crippen LogP contribution in [0.4, 0.5) is 0 Å². The molecule has 18 heavy (non-hydrogen) atoms. The summed E-state index contributed by atoms with van der Waals surface area (Å²) in [4.78, 5) is 12.4. The molecule has 1 saturated carbocycles. The van der Waals surface area contributed by atoms with Gasteiger partial charge >= 0.3 is 0 Å². The van der Waals surface area contributed by atoms with Gasteiger partial charge in [-0.25, -0.2) is 0 Å². The number of carbonyl (C=O) groups excluding carboxylic acids is 1. The Morgan fingerprint density at radius 2 is 1.78 bits per heavy atom. The number of hydrogen-bond acceptors (Lipinski definition) is 2. The summed E-state index contributed by atoms with van der Waals surface area (Å²) in [5, 5.41) is 0. The van der Waals surface area contributed by atoms with E-state index in [1.807, 2.05) is 6.08 Å². The van der Waals surface area contributed by atoms with Gasteiger partial charge in [-0.1, -0.05) is 38.2 Å². The van der Waals surface area contributed by atoms with E-state index in [-0.39, 0.29) is 5.41 Å². The first-order valence-corrected chi connectivity index (χ1v) is 7.59. The van der Waals surface area contributed by atoms with Crippen molar-refractivity contribution in [1.29, 1.82) is 0 Å². The van der Waals surface area contributed by atoms with Gasteiger partial charge in [0, 0.05) is 18.4 Å². The van der Waals surface area contributed by atoms with Crippen molar-refractivity contribution in [3.05, 3.63) is 12.7 Å². The van der Waals surface area contributed by atoms with Gasteiger partial charge in [-0.2, -0.15) is 0 Å². The van der Waals surface area contributed by atoms with E-state index in [1.165, 1.54) is 25.7 Å². The van der Waals surface area contributed by atoms with Gasteiger partial charge in [0.05, 0.1) is 0 Å². The van der Waals surface area contributed by atoms with E-state index < -0.39 is 0 Å². The molecule has 0 amide bonds. The number of allylic oxidation sites excluding steroid dienone is 1. The minimum atomic E-state index is -0.172. The fourth-order valence-corrected chi connectivity index (χ4v) is 3.02. The molecule has 104 valence electrons. The molecule has 2 N–H and O–H groups in total. The van der Waals surface area contributed by atoms with E-state index in [2.05, 4.69) is 6.58 Å². The van der Waals surface area contributed by atoms with Gasteiger partial charge in [0.1, 0.15) is 5.78 Å². The lowest BCUT2D eigenvalue weighted by atomic mass is 9.75. The maximum absolute atomic E-state index is 12.4. The summed E-state index contributed by atoms with van der Waals surface area (Å²) in [6.45, 7) is 4.27. The monoisotopic (exact) mass is 251 g/mol. The van der Waals surface area contributed by atoms with E-state index in [9.17, 15) is 4.79 Å². The van der Waals surface area contributed by atoms with Crippen molar-refractivity contribution in [1.82, 2.24) is 0 Å². The van der Waals surface area contributed by atoms with Crippen LogP contribution in [0.3, 0.4) is 0 Å². The number of rotatable bonds is 8. The van der Waals surface area contributed by atoms with E-state index in [1.54, 1.807) is 0 Å². The van der Waals surface area contributed by atoms with Gasteiger partial charge in [-0.05, 0) is 32.1 Å². The van der Waals surface area contributed by atoms with E-state index >= 15 is 0 Å². The smallest absolute Gasteiger partial charge is 0.140 e. The topological polar surface area (TPSA) is 43.1 Å². The van der Waals surface area contributed by atoms with Crippen LogP contribution in [0.25, 0.3) is 0 Å². The third-order valence-electron chi connectivity index (χ3n) is 4.35. The van der Waals surface area contributed by atoms with Gasteiger partial charge in [-0.15, -0.1) is 6.58 Å². The third-order valence-corrected chi connectivity index (χ3v) is 4.35. The minimum absolute atomic E-state index is 0.172. The van der Waals surface area contributed by atoms with Crippen LogP contribution < -0.4 is 5.73 Å². The zero-order valence-corrected chi connectivity index (χ0v) is 11.8. The molecule has 1 fully saturated rings. The van der Waals surface area contributed by atoms with Crippen LogP contribution in [0.1, 0.15) is 70.6 Å². The zero-order chi connectivity index (χ0) is 13.3. The third kappa shape index (κ3) is 4.56. The van der Waals surface area contributed by atoms with Crippen molar-refractivity contribution in [3.63, 3.8) is 0 Å². The van der Waals surface area contributed by atoms with Crippen molar-refractivity contribution in [3.8, 4) is 0 Å². The van der Waals surface area contributed by atoms with Crippen molar-refractivity contribution in [2.75, 3.05) is 6.54 Å². The molecule has 0 saturated heterocycles. The highest BCUT2D eigenvalue weighted by Crippen LogP contribution is 2.36. The normalized spacial score (nSPS) is 19.2. The summed E-state index contributed by atoms with van der Waals surface area (Å²) in [5.41, 5.74) is 5.75. The van der Waals surface area contributed by atoms with Gasteiger partial charge in [0.15, 0.2) is 0 Å². The second-order valence-corrected chi connectivity index (χ2v) is 5.71. The number of unbranched alkanes of at least 4 members (excludes halogenated alkanes) is 3. The average Bonchev–Trinajstić information content (AvgIpc) is 2.64. The molecule has 2 nitrogen and oxygen atoms in total. The highest BCUT2D eigenvalue weighted by molar-refractivity contribution is 5.85. The molecule has 0 aliphatic heterocycles. The molecule has 1 aliphatic rings. The predicted molar refractivity (Wildman–Crippen MR) is 77.5 cm³/mol. The second-order valence-electron chi connectivity index (χ2n) is 5.71. The molecule has 1 rings (SSSR count). The summed E-state index contributed by atoms with van der Waals surface area (Å²) >= 11 is 0. The molecule has 0 bridgehead atoms. The molecule has 0 aromatic heterocycles. The largest absolute Gasteiger partial charge is 0.329 e. The predicted octanol–water partition coefficient (Wildman–Crippen LogP) is 3.99. The molecule has 1 aliphatic carbocycles. The van der Waals surface area contributed by atoms with Crippen LogP contribution >= 0.6 is 0 Å². The summed E-state index contributed by atoms with van der Waals surface area (Å²) in [6, 6.07) is 0. The second kappa shape index (κ2) is 8.47. The Kier molecular flexibility index (Phi) is 7.26. The molecule has 0 aromatic rings. The molecule has 0 atom stereocenters. The molecule has 2 heteroatoms. The fourth-order valence-electron chi connectivity index (χ4n) is 3.02. The van der Waals surface area contributed by atoms with Crippen LogP contribution in [0.15, 0.2) is 12.7 Å². The molecule has 0 aromatic carbocycles. The van der Waals surface area contributed by atoms with Gasteiger partial charge in [0.2, 0.25) is 0 Å². The number of nitrogens with two attached hydrogens (primary N) is 1. The van der Waals surface area contributed by atoms with Gasteiger partial charge in [-0.3, -0.25) is 4.79 Å². The van der Waals surface area contributed by atoms with Crippen LogP contribution in [0, 0.1) is 5.41 Å². The molecular weight excluding hydrogens is 222 g/mol. The number of hydrogen-bond donors (Lipinski definition) is 1. The van der Waals surface area contributed by atoms with Crippen molar-refractivity contribution < 1.29 is 4.79 Å². The van der Waals surface area contributed by atoms with Crippen LogP contribution in [0.5, 0.6) is 0 Å². The van der Waals surface area contributed by atoms with Gasteiger partial charge in [0.25, 0.3) is 0 Å². The minimum Gasteiger partial charge on any atom is -0.329 e. The Morgan fingerprint density at radius 3 is 2.33 bits per heavy atom. The van der Waals surface area contributed by atoms with E-state index in [0.717, 1.165) is 44.9 Å². The Morgan fingerprint density at radius 1 is 1.11 bits per heavy atom. The maximum Gasteiger partial charge on any atom is 0.140 e. The number of carbonyl (C=O) groups is 1. The Balaban J connectivity index is 2.38. The molecule has 0 radical (unpaired) electrons. The lowest BCUT2D eigenvalue weighted by Crippen LogP contribution is -2.38. The van der Waals surface area contributed by atoms with Crippen molar-refractivity contribution >= 4 is 5.78 Å². The molecule has 0 heterocycles. The lowest BCUT2D eigenvalue weighted by Gasteiger charge is -2.29. The highest BCUT2D eigenvalue weighted by atomic mass is 16.1. The molecule has 0 spiro atoms. The van der Waals surface area contributed by atoms with E-state index in [0.29, 0.717) is 12.3 Å². The summed E-state index contributed by atoms with van der Waals surface area (Å²) in [7, 11) is 0. The Hall–Kier alpha value is -0.630. The quantitative estimate of drug-likeness (QED) is 0.402. The fraction of sp³-hybridized carbons (Fsp3) is 0.812. The zero-order valence-electron chi connectivity index (χ0n) is 11.8. The number of Topliss-reactive ketones (excluding diaryl/α,β-unsaturated/α-hetero) is 1. The van der Waals surface area contributed by atoms with Crippen LogP contribution in [0.2, 0.25) is 0 Å². The van der Waals surface area contributed by atoms with Crippen molar-refractivity contribution in [2.24, 2.45) is 11.1 Å². The Bertz CT molecular complexity index is 252. The first-order chi connectivity index (χ1) is 8.75. The first-order valence-electron chi connectivity index (χ1n) is 7.59. The SMILES string of the molecule is C=CCCCCCC(=O)C1(CN)CCCCCC1. The average molecular weight is 251 g/mol. The number of ketones is 1. The summed E-state index contributed by atoms with van der Waals surface area (Å²) < 4.78 is 0. The first kappa shape index (κ1) is 15.4. The van der Waals surface area contributed by atoms with Crippen LogP contribution in [-0.2, 0) is 4.79 Å². The highest BCUT2D eigenvalue weighted by Gasteiger charge is 2.35. The molecular formula is C16H29NO.